The van der Waals surface area contributed by atoms with Gasteiger partial charge in [0.05, 0.1) is 31.1 Å². The zero-order valence-electron chi connectivity index (χ0n) is 18.4. The minimum absolute atomic E-state index is 0.0583. The lowest BCUT2D eigenvalue weighted by molar-refractivity contribution is -0.139. The molecule has 1 aromatic heterocycles. The second kappa shape index (κ2) is 9.76. The largest absolute Gasteiger partial charge is 0.495 e. The van der Waals surface area contributed by atoms with Crippen molar-refractivity contribution in [2.75, 3.05) is 19.0 Å². The normalized spacial score (nSPS) is 13.7. The summed E-state index contributed by atoms with van der Waals surface area (Å²) in [6.45, 7) is -0.157. The average molecular weight is 490 g/mol. The van der Waals surface area contributed by atoms with Crippen LogP contribution in [-0.2, 0) is 19.1 Å². The van der Waals surface area contributed by atoms with E-state index in [1.165, 1.54) is 13.2 Å². The number of carbonyl (C=O) groups is 1. The second-order valence-electron chi connectivity index (χ2n) is 7.69. The first-order valence-corrected chi connectivity index (χ1v) is 10.4. The van der Waals surface area contributed by atoms with Crippen LogP contribution in [0.4, 0.5) is 24.8 Å². The number of halogens is 3. The number of hydrogen-bond donors (Lipinski definition) is 4. The number of aliphatic hydroxyl groups is 2. The average Bonchev–Trinajstić information content (AvgIpc) is 3.21. The summed E-state index contributed by atoms with van der Waals surface area (Å²) in [7, 11) is 1.40. The molecule has 0 bridgehead atoms. The number of nitrogens with zero attached hydrogens (tertiary/aromatic N) is 2. The Hall–Kier alpha value is -3.90. The van der Waals surface area contributed by atoms with Crippen molar-refractivity contribution in [2.45, 2.75) is 25.2 Å². The molecule has 3 aromatic rings. The molecule has 1 aliphatic rings. The van der Waals surface area contributed by atoms with Crippen LogP contribution in [0.15, 0.2) is 42.6 Å². The number of anilines is 2. The van der Waals surface area contributed by atoms with Gasteiger partial charge in [0.1, 0.15) is 17.1 Å². The molecular formula is C23H21F3N4O5. The Labute approximate surface area is 197 Å². The highest BCUT2D eigenvalue weighted by Gasteiger charge is 2.37. The third kappa shape index (κ3) is 5.28. The summed E-state index contributed by atoms with van der Waals surface area (Å²) < 4.78 is 51.7. The van der Waals surface area contributed by atoms with E-state index in [4.69, 9.17) is 14.6 Å². The summed E-state index contributed by atoms with van der Waals surface area (Å²) >= 11 is 0. The first kappa shape index (κ1) is 24.2. The van der Waals surface area contributed by atoms with Crippen molar-refractivity contribution in [1.82, 2.24) is 15.3 Å². The Morgan fingerprint density at radius 1 is 1.23 bits per heavy atom. The van der Waals surface area contributed by atoms with Crippen LogP contribution in [0.1, 0.15) is 27.0 Å². The van der Waals surface area contributed by atoms with Crippen LogP contribution >= 0.6 is 0 Å². The molecule has 1 unspecified atom stereocenters. The molecule has 1 atom stereocenters. The Morgan fingerprint density at radius 2 is 2.03 bits per heavy atom. The number of hydrogen-bond acceptors (Lipinski definition) is 8. The maximum Gasteiger partial charge on any atom is 0.423 e. The summed E-state index contributed by atoms with van der Waals surface area (Å²) in [6, 6.07) is 9.47. The fourth-order valence-corrected chi connectivity index (χ4v) is 3.56. The van der Waals surface area contributed by atoms with Crippen LogP contribution < -0.4 is 20.1 Å². The molecule has 4 rings (SSSR count). The number of amides is 1. The Kier molecular flexibility index (Phi) is 6.76. The molecule has 0 spiro atoms. The molecule has 1 amide bonds. The van der Waals surface area contributed by atoms with E-state index in [0.29, 0.717) is 28.8 Å². The second-order valence-corrected chi connectivity index (χ2v) is 7.69. The molecule has 2 heterocycles. The number of rotatable bonds is 8. The van der Waals surface area contributed by atoms with Gasteiger partial charge in [-0.2, -0.15) is 18.2 Å². The Bertz CT molecular complexity index is 1250. The van der Waals surface area contributed by atoms with Crippen molar-refractivity contribution in [3.05, 3.63) is 64.8 Å². The fraction of sp³-hybridized carbons (Fsp3) is 0.261. The predicted molar refractivity (Wildman–Crippen MR) is 118 cm³/mol. The van der Waals surface area contributed by atoms with Crippen LogP contribution in [-0.4, -0.2) is 45.9 Å². The number of methoxy groups -OCH3 is 1. The van der Waals surface area contributed by atoms with E-state index in [9.17, 15) is 23.1 Å². The molecule has 0 fully saturated rings. The van der Waals surface area contributed by atoms with Gasteiger partial charge in [-0.15, -0.1) is 0 Å². The van der Waals surface area contributed by atoms with Crippen LogP contribution in [0.25, 0.3) is 0 Å². The van der Waals surface area contributed by atoms with Gasteiger partial charge in [0.2, 0.25) is 11.8 Å². The van der Waals surface area contributed by atoms with Gasteiger partial charge in [0.25, 0.3) is 5.91 Å². The zero-order valence-corrected chi connectivity index (χ0v) is 18.4. The van der Waals surface area contributed by atoms with Gasteiger partial charge in [-0.1, -0.05) is 18.2 Å². The Morgan fingerprint density at radius 3 is 2.74 bits per heavy atom. The zero-order chi connectivity index (χ0) is 25.2. The van der Waals surface area contributed by atoms with Crippen molar-refractivity contribution < 1.29 is 37.7 Å². The van der Waals surface area contributed by atoms with E-state index < -0.39 is 36.2 Å². The number of benzene rings is 2. The third-order valence-electron chi connectivity index (χ3n) is 5.24. The minimum atomic E-state index is -4.80. The first-order valence-electron chi connectivity index (χ1n) is 10.4. The van der Waals surface area contributed by atoms with Gasteiger partial charge in [-0.05, 0) is 29.3 Å². The van der Waals surface area contributed by atoms with E-state index in [0.717, 1.165) is 0 Å². The van der Waals surface area contributed by atoms with Crippen LogP contribution in [0.5, 0.6) is 17.4 Å². The number of aromatic nitrogens is 2. The monoisotopic (exact) mass is 490 g/mol. The van der Waals surface area contributed by atoms with E-state index in [1.54, 1.807) is 30.3 Å². The highest BCUT2D eigenvalue weighted by molar-refractivity contribution is 6.01. The lowest BCUT2D eigenvalue weighted by atomic mass is 10.1. The van der Waals surface area contributed by atoms with E-state index in [2.05, 4.69) is 20.6 Å². The van der Waals surface area contributed by atoms with Crippen molar-refractivity contribution in [3.8, 4) is 17.4 Å². The van der Waals surface area contributed by atoms with Crippen LogP contribution in [0.3, 0.4) is 0 Å². The smallest absolute Gasteiger partial charge is 0.423 e. The van der Waals surface area contributed by atoms with E-state index in [1.807, 2.05) is 0 Å². The summed E-state index contributed by atoms with van der Waals surface area (Å²) in [6.07, 6.45) is -4.98. The summed E-state index contributed by atoms with van der Waals surface area (Å²) in [5.74, 6) is -1.17. The van der Waals surface area contributed by atoms with Crippen molar-refractivity contribution in [1.29, 1.82) is 0 Å². The molecule has 0 radical (unpaired) electrons. The fourth-order valence-electron chi connectivity index (χ4n) is 3.56. The van der Waals surface area contributed by atoms with Crippen molar-refractivity contribution >= 4 is 17.5 Å². The molecule has 2 aromatic carbocycles. The quantitative estimate of drug-likeness (QED) is 0.380. The van der Waals surface area contributed by atoms with Crippen LogP contribution in [0, 0.1) is 0 Å². The number of nitrogens with one attached hydrogen (secondary N) is 2. The maximum absolute atomic E-state index is 13.6. The number of aliphatic hydroxyl groups excluding tert-OH is 2. The highest BCUT2D eigenvalue weighted by atomic mass is 19.4. The van der Waals surface area contributed by atoms with Gasteiger partial charge >= 0.3 is 6.18 Å². The predicted octanol–water partition coefficient (Wildman–Crippen LogP) is 3.18. The van der Waals surface area contributed by atoms with Gasteiger partial charge in [0, 0.05) is 19.2 Å². The number of carbonyl (C=O) groups excluding carboxylic acids is 1. The molecule has 0 aliphatic carbocycles. The molecule has 9 nitrogen and oxygen atoms in total. The summed E-state index contributed by atoms with van der Waals surface area (Å²) in [5.41, 5.74) is 0.558. The molecule has 4 N–H and O–H groups in total. The highest BCUT2D eigenvalue weighted by Crippen LogP contribution is 2.39. The molecule has 0 saturated carbocycles. The van der Waals surface area contributed by atoms with Crippen molar-refractivity contribution in [3.63, 3.8) is 0 Å². The van der Waals surface area contributed by atoms with Gasteiger partial charge in [0.15, 0.2) is 0 Å². The minimum Gasteiger partial charge on any atom is -0.495 e. The molecular weight excluding hydrogens is 469 g/mol. The molecule has 0 saturated heterocycles. The standard InChI is InChI=1S/C23H21F3N4O5/c1-34-18-8-12(7-14(32)11-31)5-6-16(18)29-22-28-10-15(23(24,25)26)21(30-22)35-17-4-2-3-13-9-27-20(33)19(13)17/h2-6,8,10,14,31-32H,7,9,11H2,1H3,(H,27,33)(H,28,29,30). The van der Waals surface area contributed by atoms with Gasteiger partial charge in [-0.3, -0.25) is 4.79 Å². The van der Waals surface area contributed by atoms with Crippen LogP contribution in [0.2, 0.25) is 0 Å². The lowest BCUT2D eigenvalue weighted by Crippen LogP contribution is -2.15. The SMILES string of the molecule is COc1cc(CC(O)CO)ccc1Nc1ncc(C(F)(F)F)c(Oc2cccc3c2C(=O)NC3)n1. The molecule has 184 valence electrons. The van der Waals surface area contributed by atoms with Crippen molar-refractivity contribution in [2.24, 2.45) is 0 Å². The molecule has 35 heavy (non-hydrogen) atoms. The van der Waals surface area contributed by atoms with E-state index in [-0.39, 0.29) is 30.2 Å². The summed E-state index contributed by atoms with van der Waals surface area (Å²) in [5, 5.41) is 24.1. The number of fused-ring (bicyclic) bond motifs is 1. The number of ether oxygens (including phenoxy) is 2. The molecule has 12 heteroatoms. The van der Waals surface area contributed by atoms with Gasteiger partial charge in [-0.25, -0.2) is 4.98 Å². The first-order chi connectivity index (χ1) is 16.7. The molecule has 1 aliphatic heterocycles. The Balaban J connectivity index is 1.67. The lowest BCUT2D eigenvalue weighted by Gasteiger charge is -2.16. The van der Waals surface area contributed by atoms with E-state index >= 15 is 0 Å². The third-order valence-corrected chi connectivity index (χ3v) is 5.24. The van der Waals surface area contributed by atoms with Gasteiger partial charge < -0.3 is 30.3 Å². The summed E-state index contributed by atoms with van der Waals surface area (Å²) in [4.78, 5) is 19.8. The number of alkyl halides is 3. The topological polar surface area (TPSA) is 126 Å². The maximum atomic E-state index is 13.6.